The maximum atomic E-state index is 13.0. The summed E-state index contributed by atoms with van der Waals surface area (Å²) < 4.78 is 3.28. The van der Waals surface area contributed by atoms with E-state index in [1.165, 1.54) is 22.8 Å². The van der Waals surface area contributed by atoms with Crippen LogP contribution in [0.15, 0.2) is 52.8 Å². The molecule has 1 amide bonds. The number of benzene rings is 1. The number of thioether (sulfide) groups is 1. The quantitative estimate of drug-likeness (QED) is 0.364. The highest BCUT2D eigenvalue weighted by Gasteiger charge is 2.24. The van der Waals surface area contributed by atoms with Crippen LogP contribution in [0.4, 0.5) is 5.69 Å². The number of aromatic amines is 1. The van der Waals surface area contributed by atoms with E-state index in [1.807, 2.05) is 44.2 Å². The van der Waals surface area contributed by atoms with Crippen molar-refractivity contribution in [1.29, 1.82) is 0 Å². The summed E-state index contributed by atoms with van der Waals surface area (Å²) in [7, 11) is 1.79. The van der Waals surface area contributed by atoms with Crippen LogP contribution >= 0.6 is 11.8 Å². The number of anilines is 1. The zero-order valence-corrected chi connectivity index (χ0v) is 17.6. The van der Waals surface area contributed by atoms with Crippen LogP contribution < -0.4 is 10.9 Å². The highest BCUT2D eigenvalue weighted by atomic mass is 32.2. The van der Waals surface area contributed by atoms with Gasteiger partial charge in [0, 0.05) is 7.05 Å². The minimum absolute atomic E-state index is 0.250. The standard InChI is InChI=1S/C20H21N7O2S/c1-4-14(30-19-16-17(22-10-21-16)23-11-24-19)18(28)25-15-12(2)26(3)27(20(15)29)13-8-6-5-7-9-13/h5-11,14H,4H2,1-3H3,(H,25,28)(H,21,22,23,24)/t14-/m0/s1. The summed E-state index contributed by atoms with van der Waals surface area (Å²) in [6, 6.07) is 9.32. The second kappa shape index (κ2) is 8.15. The average Bonchev–Trinajstić information content (AvgIpc) is 3.32. The van der Waals surface area contributed by atoms with Crippen LogP contribution in [-0.2, 0) is 11.8 Å². The van der Waals surface area contributed by atoms with Crippen molar-refractivity contribution in [2.24, 2.45) is 7.05 Å². The van der Waals surface area contributed by atoms with Gasteiger partial charge in [-0.05, 0) is 25.5 Å². The summed E-state index contributed by atoms with van der Waals surface area (Å²) >= 11 is 1.32. The topological polar surface area (TPSA) is 110 Å². The molecular formula is C20H21N7O2S. The number of aromatic nitrogens is 6. The molecule has 4 rings (SSSR count). The SMILES string of the molecule is CC[C@H](Sc1ncnc2nc[nH]c12)C(=O)Nc1c(C)n(C)n(-c2ccccc2)c1=O. The number of amides is 1. The van der Waals surface area contributed by atoms with E-state index in [0.29, 0.717) is 28.3 Å². The number of fused-ring (bicyclic) bond motifs is 1. The van der Waals surface area contributed by atoms with Crippen LogP contribution in [0.1, 0.15) is 19.0 Å². The molecule has 0 saturated carbocycles. The van der Waals surface area contributed by atoms with E-state index in [1.54, 1.807) is 18.1 Å². The Hall–Kier alpha value is -3.40. The fourth-order valence-electron chi connectivity index (χ4n) is 3.21. The molecule has 1 aromatic carbocycles. The normalized spacial score (nSPS) is 12.2. The van der Waals surface area contributed by atoms with Gasteiger partial charge in [-0.1, -0.05) is 36.9 Å². The molecule has 9 nitrogen and oxygen atoms in total. The van der Waals surface area contributed by atoms with Gasteiger partial charge in [0.2, 0.25) is 5.91 Å². The van der Waals surface area contributed by atoms with E-state index in [9.17, 15) is 9.59 Å². The molecule has 0 bridgehead atoms. The first-order valence-electron chi connectivity index (χ1n) is 9.46. The van der Waals surface area contributed by atoms with Crippen molar-refractivity contribution in [1.82, 2.24) is 29.3 Å². The molecule has 0 radical (unpaired) electrons. The Labute approximate surface area is 176 Å². The fraction of sp³-hybridized carbons (Fsp3) is 0.250. The molecule has 10 heteroatoms. The van der Waals surface area contributed by atoms with Gasteiger partial charge in [0.25, 0.3) is 5.56 Å². The van der Waals surface area contributed by atoms with E-state index >= 15 is 0 Å². The largest absolute Gasteiger partial charge is 0.341 e. The number of hydrogen-bond donors (Lipinski definition) is 2. The number of carbonyl (C=O) groups excluding carboxylic acids is 1. The van der Waals surface area contributed by atoms with E-state index < -0.39 is 5.25 Å². The van der Waals surface area contributed by atoms with Crippen molar-refractivity contribution in [3.05, 3.63) is 59.0 Å². The lowest BCUT2D eigenvalue weighted by molar-refractivity contribution is -0.115. The summed E-state index contributed by atoms with van der Waals surface area (Å²) in [6.07, 6.45) is 3.54. The molecule has 0 aliphatic heterocycles. The van der Waals surface area contributed by atoms with Crippen molar-refractivity contribution in [3.63, 3.8) is 0 Å². The lowest BCUT2D eigenvalue weighted by Gasteiger charge is -2.13. The summed E-state index contributed by atoms with van der Waals surface area (Å²) in [5, 5.41) is 3.05. The number of imidazole rings is 1. The monoisotopic (exact) mass is 423 g/mol. The first-order valence-corrected chi connectivity index (χ1v) is 10.3. The molecule has 0 fully saturated rings. The van der Waals surface area contributed by atoms with Crippen LogP contribution in [0.5, 0.6) is 0 Å². The van der Waals surface area contributed by atoms with Crippen LogP contribution in [0.2, 0.25) is 0 Å². The molecule has 1 atom stereocenters. The molecule has 4 aromatic rings. The summed E-state index contributed by atoms with van der Waals surface area (Å²) in [6.45, 7) is 3.73. The van der Waals surface area contributed by atoms with Gasteiger partial charge in [-0.3, -0.25) is 14.3 Å². The molecule has 2 N–H and O–H groups in total. The third-order valence-electron chi connectivity index (χ3n) is 4.91. The molecule has 3 heterocycles. The molecule has 0 aliphatic carbocycles. The zero-order chi connectivity index (χ0) is 21.3. The summed E-state index contributed by atoms with van der Waals surface area (Å²) in [5.41, 5.74) is 2.66. The first kappa shape index (κ1) is 19.9. The Kier molecular flexibility index (Phi) is 5.40. The minimum Gasteiger partial charge on any atom is -0.341 e. The maximum Gasteiger partial charge on any atom is 0.295 e. The van der Waals surface area contributed by atoms with Gasteiger partial charge in [0.05, 0.1) is 23.0 Å². The lowest BCUT2D eigenvalue weighted by atomic mass is 10.3. The predicted molar refractivity (Wildman–Crippen MR) is 116 cm³/mol. The number of nitrogens with one attached hydrogen (secondary N) is 2. The summed E-state index contributed by atoms with van der Waals surface area (Å²) in [5.74, 6) is -0.250. The second-order valence-corrected chi connectivity index (χ2v) is 7.91. The van der Waals surface area contributed by atoms with Crippen molar-refractivity contribution >= 4 is 34.5 Å². The van der Waals surface area contributed by atoms with Crippen LogP contribution in [0.25, 0.3) is 16.9 Å². The van der Waals surface area contributed by atoms with Gasteiger partial charge in [-0.25, -0.2) is 19.6 Å². The zero-order valence-electron chi connectivity index (χ0n) is 16.8. The number of hydrogen-bond acceptors (Lipinski definition) is 6. The average molecular weight is 424 g/mol. The Bertz CT molecular complexity index is 1260. The van der Waals surface area contributed by atoms with Crippen molar-refractivity contribution in [2.75, 3.05) is 5.32 Å². The smallest absolute Gasteiger partial charge is 0.295 e. The molecule has 0 spiro atoms. The Morgan fingerprint density at radius 1 is 1.23 bits per heavy atom. The van der Waals surface area contributed by atoms with Gasteiger partial charge in [-0.15, -0.1) is 0 Å². The highest BCUT2D eigenvalue weighted by molar-refractivity contribution is 8.00. The van der Waals surface area contributed by atoms with E-state index in [2.05, 4.69) is 25.3 Å². The van der Waals surface area contributed by atoms with Gasteiger partial charge in [-0.2, -0.15) is 0 Å². The van der Waals surface area contributed by atoms with Gasteiger partial charge in [0.1, 0.15) is 22.6 Å². The van der Waals surface area contributed by atoms with Crippen LogP contribution in [0, 0.1) is 6.92 Å². The van der Waals surface area contributed by atoms with Gasteiger partial charge >= 0.3 is 0 Å². The molecule has 3 aromatic heterocycles. The lowest BCUT2D eigenvalue weighted by Crippen LogP contribution is -2.28. The maximum absolute atomic E-state index is 13.0. The van der Waals surface area contributed by atoms with E-state index in [-0.39, 0.29) is 17.2 Å². The Morgan fingerprint density at radius 3 is 2.73 bits per heavy atom. The number of carbonyl (C=O) groups is 1. The third-order valence-corrected chi connectivity index (χ3v) is 6.27. The molecule has 0 unspecified atom stereocenters. The first-order chi connectivity index (χ1) is 14.5. The Balaban J connectivity index is 1.61. The second-order valence-electron chi connectivity index (χ2n) is 6.72. The van der Waals surface area contributed by atoms with Gasteiger partial charge < -0.3 is 10.3 Å². The van der Waals surface area contributed by atoms with Crippen LogP contribution in [0.3, 0.4) is 0 Å². The number of H-pyrrole nitrogens is 1. The van der Waals surface area contributed by atoms with Gasteiger partial charge in [0.15, 0.2) is 5.65 Å². The molecule has 0 saturated heterocycles. The highest BCUT2D eigenvalue weighted by Crippen LogP contribution is 2.28. The molecular weight excluding hydrogens is 402 g/mol. The van der Waals surface area contributed by atoms with E-state index in [4.69, 9.17) is 0 Å². The Morgan fingerprint density at radius 2 is 2.00 bits per heavy atom. The van der Waals surface area contributed by atoms with Crippen molar-refractivity contribution < 1.29 is 4.79 Å². The number of para-hydroxylation sites is 1. The number of nitrogens with zero attached hydrogens (tertiary/aromatic N) is 5. The molecule has 0 aliphatic rings. The van der Waals surface area contributed by atoms with E-state index in [0.717, 1.165) is 5.69 Å². The summed E-state index contributed by atoms with van der Waals surface area (Å²) in [4.78, 5) is 41.6. The third kappa shape index (κ3) is 3.50. The van der Waals surface area contributed by atoms with Crippen molar-refractivity contribution in [3.8, 4) is 5.69 Å². The predicted octanol–water partition coefficient (Wildman–Crippen LogP) is 2.66. The molecule has 154 valence electrons. The fourth-order valence-corrected chi connectivity index (χ4v) is 4.18. The van der Waals surface area contributed by atoms with Crippen molar-refractivity contribution in [2.45, 2.75) is 30.5 Å². The molecule has 30 heavy (non-hydrogen) atoms. The number of rotatable bonds is 6. The van der Waals surface area contributed by atoms with Crippen LogP contribution in [-0.4, -0.2) is 40.5 Å². The minimum atomic E-state index is -0.435.